The normalized spacial score (nSPS) is 26.0. The molecule has 114 valence electrons. The van der Waals surface area contributed by atoms with Gasteiger partial charge >= 0.3 is 0 Å². The predicted octanol–water partition coefficient (Wildman–Crippen LogP) is 2.99. The molecule has 3 heteroatoms. The van der Waals surface area contributed by atoms with Gasteiger partial charge in [0.25, 0.3) is 0 Å². The lowest BCUT2D eigenvalue weighted by Gasteiger charge is -2.40. The smallest absolute Gasteiger partial charge is 0.145 e. The molecular formula is C18H27N3. The molecule has 1 aromatic carbocycles. The standard InChI is InChI=1S/C18H27N3/c1-4-20-18(13-19,17-8-6-5-7-9-17)14-21-11-15(2)10-16(3)12-21/h5-9,15-16,20H,4,10-12,14H2,1-3H3. The summed E-state index contributed by atoms with van der Waals surface area (Å²) in [5.74, 6) is 1.42. The van der Waals surface area contributed by atoms with E-state index in [0.717, 1.165) is 31.7 Å². The fourth-order valence-electron chi connectivity index (χ4n) is 3.67. The molecule has 3 atom stereocenters. The number of nitrogens with zero attached hydrogens (tertiary/aromatic N) is 2. The molecule has 21 heavy (non-hydrogen) atoms. The highest BCUT2D eigenvalue weighted by molar-refractivity contribution is 5.32. The zero-order valence-corrected chi connectivity index (χ0v) is 13.5. The van der Waals surface area contributed by atoms with E-state index in [1.165, 1.54) is 6.42 Å². The van der Waals surface area contributed by atoms with E-state index in [4.69, 9.17) is 0 Å². The molecular weight excluding hydrogens is 258 g/mol. The fourth-order valence-corrected chi connectivity index (χ4v) is 3.67. The Morgan fingerprint density at radius 2 is 1.86 bits per heavy atom. The predicted molar refractivity (Wildman–Crippen MR) is 86.8 cm³/mol. The van der Waals surface area contributed by atoms with Gasteiger partial charge in [-0.15, -0.1) is 0 Å². The first-order valence-corrected chi connectivity index (χ1v) is 8.03. The number of nitrogens with one attached hydrogen (secondary N) is 1. The van der Waals surface area contributed by atoms with Crippen molar-refractivity contribution >= 4 is 0 Å². The molecule has 0 bridgehead atoms. The summed E-state index contributed by atoms with van der Waals surface area (Å²) in [7, 11) is 0. The highest BCUT2D eigenvalue weighted by Gasteiger charge is 2.35. The molecule has 0 aliphatic carbocycles. The molecule has 0 amide bonds. The van der Waals surface area contributed by atoms with Gasteiger partial charge in [0.15, 0.2) is 0 Å². The van der Waals surface area contributed by atoms with E-state index in [-0.39, 0.29) is 0 Å². The maximum Gasteiger partial charge on any atom is 0.145 e. The van der Waals surface area contributed by atoms with E-state index in [1.54, 1.807) is 0 Å². The Hall–Kier alpha value is -1.37. The minimum atomic E-state index is -0.604. The van der Waals surface area contributed by atoms with Crippen molar-refractivity contribution in [3.05, 3.63) is 35.9 Å². The molecule has 1 aliphatic heterocycles. The minimum Gasteiger partial charge on any atom is -0.300 e. The molecule has 0 radical (unpaired) electrons. The summed E-state index contributed by atoms with van der Waals surface area (Å²) >= 11 is 0. The Kier molecular flexibility index (Phi) is 5.39. The monoisotopic (exact) mass is 285 g/mol. The van der Waals surface area contributed by atoms with Crippen LogP contribution in [0.25, 0.3) is 0 Å². The average molecular weight is 285 g/mol. The van der Waals surface area contributed by atoms with E-state index < -0.39 is 5.54 Å². The number of hydrogen-bond acceptors (Lipinski definition) is 3. The van der Waals surface area contributed by atoms with Crippen molar-refractivity contribution in [2.75, 3.05) is 26.2 Å². The highest BCUT2D eigenvalue weighted by Crippen LogP contribution is 2.27. The molecule has 1 fully saturated rings. The number of nitriles is 1. The molecule has 1 saturated heterocycles. The summed E-state index contributed by atoms with van der Waals surface area (Å²) < 4.78 is 0. The van der Waals surface area contributed by atoms with Gasteiger partial charge in [-0.25, -0.2) is 0 Å². The summed E-state index contributed by atoms with van der Waals surface area (Å²) in [4.78, 5) is 2.46. The van der Waals surface area contributed by atoms with Crippen LogP contribution in [0.1, 0.15) is 32.8 Å². The van der Waals surface area contributed by atoms with Crippen LogP contribution < -0.4 is 5.32 Å². The number of hydrogen-bond donors (Lipinski definition) is 1. The van der Waals surface area contributed by atoms with Crippen LogP contribution in [0.3, 0.4) is 0 Å². The van der Waals surface area contributed by atoms with Gasteiger partial charge in [0, 0.05) is 19.6 Å². The van der Waals surface area contributed by atoms with Gasteiger partial charge in [-0.2, -0.15) is 5.26 Å². The quantitative estimate of drug-likeness (QED) is 0.904. The molecule has 0 aromatic heterocycles. The number of piperidine rings is 1. The van der Waals surface area contributed by atoms with Crippen LogP contribution in [-0.4, -0.2) is 31.1 Å². The summed E-state index contributed by atoms with van der Waals surface area (Å²) in [6, 6.07) is 12.7. The van der Waals surface area contributed by atoms with E-state index >= 15 is 0 Å². The Morgan fingerprint density at radius 3 is 2.38 bits per heavy atom. The van der Waals surface area contributed by atoms with Crippen LogP contribution in [0.5, 0.6) is 0 Å². The maximum atomic E-state index is 9.88. The van der Waals surface area contributed by atoms with Crippen LogP contribution in [0, 0.1) is 23.2 Å². The maximum absolute atomic E-state index is 9.88. The van der Waals surface area contributed by atoms with Crippen LogP contribution in [-0.2, 0) is 5.54 Å². The molecule has 3 nitrogen and oxygen atoms in total. The summed E-state index contributed by atoms with van der Waals surface area (Å²) in [5, 5.41) is 13.3. The minimum absolute atomic E-state index is 0.604. The Bertz CT molecular complexity index is 469. The Labute approximate surface area is 129 Å². The average Bonchev–Trinajstić information content (AvgIpc) is 2.46. The van der Waals surface area contributed by atoms with Crippen LogP contribution >= 0.6 is 0 Å². The summed E-state index contributed by atoms with van der Waals surface area (Å²) in [6.07, 6.45) is 1.29. The third-order valence-corrected chi connectivity index (χ3v) is 4.34. The van der Waals surface area contributed by atoms with Gasteiger partial charge in [-0.05, 0) is 30.4 Å². The molecule has 1 aromatic rings. The lowest BCUT2D eigenvalue weighted by Crippen LogP contribution is -2.53. The third kappa shape index (κ3) is 3.84. The van der Waals surface area contributed by atoms with Crippen LogP contribution in [0.2, 0.25) is 0 Å². The van der Waals surface area contributed by atoms with Crippen molar-refractivity contribution in [2.24, 2.45) is 11.8 Å². The second kappa shape index (κ2) is 7.06. The van der Waals surface area contributed by atoms with Gasteiger partial charge in [0.1, 0.15) is 5.54 Å². The van der Waals surface area contributed by atoms with Gasteiger partial charge in [-0.1, -0.05) is 51.1 Å². The largest absolute Gasteiger partial charge is 0.300 e. The first-order valence-electron chi connectivity index (χ1n) is 8.03. The SMILES string of the molecule is CCNC(C#N)(CN1CC(C)CC(C)C1)c1ccccc1. The van der Waals surface area contributed by atoms with Crippen molar-refractivity contribution in [3.8, 4) is 6.07 Å². The van der Waals surface area contributed by atoms with Gasteiger partial charge in [0.2, 0.25) is 0 Å². The fraction of sp³-hybridized carbons (Fsp3) is 0.611. The van der Waals surface area contributed by atoms with E-state index in [0.29, 0.717) is 11.8 Å². The summed E-state index contributed by atoms with van der Waals surface area (Å²) in [6.45, 7) is 10.4. The Morgan fingerprint density at radius 1 is 1.24 bits per heavy atom. The second-order valence-electron chi connectivity index (χ2n) is 6.55. The van der Waals surface area contributed by atoms with Crippen molar-refractivity contribution in [1.29, 1.82) is 5.26 Å². The Balaban J connectivity index is 2.23. The topological polar surface area (TPSA) is 39.1 Å². The first kappa shape index (κ1) is 16.0. The van der Waals surface area contributed by atoms with Gasteiger partial charge in [0.05, 0.1) is 6.07 Å². The number of likely N-dealkylation sites (tertiary alicyclic amines) is 1. The van der Waals surface area contributed by atoms with Crippen molar-refractivity contribution in [3.63, 3.8) is 0 Å². The molecule has 1 N–H and O–H groups in total. The van der Waals surface area contributed by atoms with Crippen LogP contribution in [0.4, 0.5) is 0 Å². The molecule has 0 spiro atoms. The molecule has 1 aliphatic rings. The lowest BCUT2D eigenvalue weighted by molar-refractivity contribution is 0.115. The molecule has 0 saturated carbocycles. The highest BCUT2D eigenvalue weighted by atomic mass is 15.2. The van der Waals surface area contributed by atoms with Crippen molar-refractivity contribution in [2.45, 2.75) is 32.7 Å². The van der Waals surface area contributed by atoms with Gasteiger partial charge < -0.3 is 0 Å². The zero-order valence-electron chi connectivity index (χ0n) is 13.5. The van der Waals surface area contributed by atoms with Gasteiger partial charge in [-0.3, -0.25) is 10.2 Å². The summed E-state index contributed by atoms with van der Waals surface area (Å²) in [5.41, 5.74) is 0.465. The number of benzene rings is 1. The number of rotatable bonds is 5. The molecule has 2 rings (SSSR count). The van der Waals surface area contributed by atoms with Crippen LogP contribution in [0.15, 0.2) is 30.3 Å². The third-order valence-electron chi connectivity index (χ3n) is 4.34. The van der Waals surface area contributed by atoms with Crippen molar-refractivity contribution < 1.29 is 0 Å². The van der Waals surface area contributed by atoms with Crippen molar-refractivity contribution in [1.82, 2.24) is 10.2 Å². The molecule has 3 unspecified atom stereocenters. The van der Waals surface area contributed by atoms with E-state index in [1.807, 2.05) is 18.2 Å². The zero-order chi connectivity index (χ0) is 15.3. The number of likely N-dealkylation sites (N-methyl/N-ethyl adjacent to an activating group) is 1. The van der Waals surface area contributed by atoms with E-state index in [2.05, 4.69) is 49.2 Å². The lowest BCUT2D eigenvalue weighted by atomic mass is 9.87. The van der Waals surface area contributed by atoms with E-state index in [9.17, 15) is 5.26 Å². The molecule has 1 heterocycles. The first-order chi connectivity index (χ1) is 10.1. The second-order valence-corrected chi connectivity index (χ2v) is 6.55.